The van der Waals surface area contributed by atoms with Gasteiger partial charge in [-0.1, -0.05) is 0 Å². The lowest BCUT2D eigenvalue weighted by molar-refractivity contribution is -0.197. The molecule has 0 aromatic carbocycles. The Morgan fingerprint density at radius 3 is 2.39 bits per heavy atom. The van der Waals surface area contributed by atoms with Crippen LogP contribution in [0, 0.1) is 5.41 Å². The van der Waals surface area contributed by atoms with E-state index in [0.717, 1.165) is 0 Å². The summed E-state index contributed by atoms with van der Waals surface area (Å²) in [7, 11) is 0. The van der Waals surface area contributed by atoms with Crippen molar-refractivity contribution in [2.75, 3.05) is 46.7 Å². The van der Waals surface area contributed by atoms with E-state index < -0.39 is 55.1 Å². The maximum absolute atomic E-state index is 12.9. The maximum Gasteiger partial charge on any atom is 0.334 e. The van der Waals surface area contributed by atoms with E-state index in [9.17, 15) is 24.0 Å². The third-order valence-electron chi connectivity index (χ3n) is 5.36. The predicted octanol–water partition coefficient (Wildman–Crippen LogP) is -1.12. The highest BCUT2D eigenvalue weighted by Gasteiger charge is 2.41. The van der Waals surface area contributed by atoms with Crippen LogP contribution in [0.3, 0.4) is 0 Å². The number of piperazine rings is 1. The molecule has 174 valence electrons. The van der Waals surface area contributed by atoms with Gasteiger partial charge in [0.25, 0.3) is 11.8 Å². The van der Waals surface area contributed by atoms with Crippen LogP contribution in [-0.4, -0.2) is 97.2 Å². The lowest BCUT2D eigenvalue weighted by Crippen LogP contribution is -2.60. The molecular formula is C20H33N5O6. The summed E-state index contributed by atoms with van der Waals surface area (Å²) >= 11 is 0. The molecule has 2 N–H and O–H groups in total. The fourth-order valence-corrected chi connectivity index (χ4v) is 3.33. The van der Waals surface area contributed by atoms with Crippen LogP contribution >= 0.6 is 0 Å². The molecule has 2 saturated heterocycles. The Hall–Kier alpha value is -2.53. The van der Waals surface area contributed by atoms with Crippen molar-refractivity contribution < 1.29 is 34.3 Å². The van der Waals surface area contributed by atoms with Crippen molar-refractivity contribution in [3.63, 3.8) is 0 Å². The number of hydrogen-bond acceptors (Lipinski definition) is 8. The fraction of sp³-hybridized carbons (Fsp3) is 0.750. The molecule has 0 bridgehead atoms. The quantitative estimate of drug-likeness (QED) is 0.258. The van der Waals surface area contributed by atoms with Gasteiger partial charge in [0.15, 0.2) is 0 Å². The number of likely N-dealkylation sites (N-methyl/N-ethyl adjacent to an activating group) is 2. The number of hydroxylamine groups is 2. The summed E-state index contributed by atoms with van der Waals surface area (Å²) in [4.78, 5) is 67.3. The van der Waals surface area contributed by atoms with Crippen LogP contribution in [0.5, 0.6) is 0 Å². The second kappa shape index (κ2) is 10.7. The van der Waals surface area contributed by atoms with E-state index in [-0.39, 0.29) is 51.9 Å². The molecular weight excluding hydrogens is 410 g/mol. The van der Waals surface area contributed by atoms with Gasteiger partial charge in [0.1, 0.15) is 0 Å². The summed E-state index contributed by atoms with van der Waals surface area (Å²) in [5.74, 6) is -2.83. The van der Waals surface area contributed by atoms with Crippen molar-refractivity contribution >= 4 is 29.6 Å². The molecule has 11 nitrogen and oxygen atoms in total. The van der Waals surface area contributed by atoms with E-state index in [4.69, 9.17) is 10.3 Å². The van der Waals surface area contributed by atoms with E-state index in [1.54, 1.807) is 23.6 Å². The molecule has 2 fully saturated rings. The van der Waals surface area contributed by atoms with Gasteiger partial charge >= 0.3 is 5.97 Å². The number of rotatable bonds is 9. The van der Waals surface area contributed by atoms with Gasteiger partial charge in [0.2, 0.25) is 11.8 Å². The van der Waals surface area contributed by atoms with E-state index in [1.165, 1.54) is 0 Å². The van der Waals surface area contributed by atoms with Crippen molar-refractivity contribution in [2.45, 2.75) is 45.6 Å². The standard InChI is InChI=1S/C20H33N5O6/c1-20(2,14-13-23(3)11-12-24(14)4)19(30)22-9-7-15(26)21-10-8-18(29)31-25-16(27)5-6-17(25)28/h14H,5-13H2,1-4H3,(H,21,26)(H,22,30)/i3+1D2,4+1D2,18+1,21+1. The van der Waals surface area contributed by atoms with Crippen molar-refractivity contribution in [3.8, 4) is 0 Å². The Bertz CT molecular complexity index is 812. The van der Waals surface area contributed by atoms with Crippen LogP contribution in [0.1, 0.15) is 45.0 Å². The minimum Gasteiger partial charge on any atom is -0.355 e. The lowest BCUT2D eigenvalue weighted by atomic mass is 9.81. The minimum absolute atomic E-state index is 0.00974. The highest BCUT2D eigenvalue weighted by atomic mass is 16.8. The topological polar surface area (TPSA) is 128 Å². The molecule has 0 aliphatic carbocycles. The number of nitrogens with zero attached hydrogens (tertiary/aromatic N) is 3. The van der Waals surface area contributed by atoms with E-state index in [2.05, 4.69) is 10.6 Å². The van der Waals surface area contributed by atoms with Gasteiger partial charge in [0, 0.05) is 63.5 Å². The van der Waals surface area contributed by atoms with Crippen molar-refractivity contribution in [1.29, 1.82) is 0 Å². The van der Waals surface area contributed by atoms with Crippen LogP contribution in [0.4, 0.5) is 0 Å². The minimum atomic E-state index is -1.30. The summed E-state index contributed by atoms with van der Waals surface area (Å²) in [6, 6.07) is -0.566. The summed E-state index contributed by atoms with van der Waals surface area (Å²) in [5.41, 5.74) is -1.06. The van der Waals surface area contributed by atoms with Gasteiger partial charge in [-0.05, 0) is 27.8 Å². The van der Waals surface area contributed by atoms with Crippen LogP contribution < -0.4 is 10.6 Å². The maximum atomic E-state index is 12.9. The molecule has 0 radical (unpaired) electrons. The summed E-state index contributed by atoms with van der Waals surface area (Å²) < 4.78 is 30.9. The molecule has 2 aliphatic rings. The summed E-state index contributed by atoms with van der Waals surface area (Å²) in [5, 5.41) is 5.61. The van der Waals surface area contributed by atoms with Gasteiger partial charge in [-0.15, -0.1) is 5.06 Å². The smallest absolute Gasteiger partial charge is 0.334 e. The Labute approximate surface area is 188 Å². The number of carbonyl (C=O) groups is 5. The average Bonchev–Trinajstić information content (AvgIpc) is 3.10. The molecule has 0 saturated carbocycles. The molecule has 11 heteroatoms. The van der Waals surface area contributed by atoms with Crippen LogP contribution in [-0.2, 0) is 28.8 Å². The molecule has 1 atom stereocenters. The molecule has 2 aliphatic heterocycles. The molecule has 4 amide bonds. The summed E-state index contributed by atoms with van der Waals surface area (Å²) in [6.07, 6.45) is -0.333. The molecule has 31 heavy (non-hydrogen) atoms. The Morgan fingerprint density at radius 2 is 1.74 bits per heavy atom. The van der Waals surface area contributed by atoms with E-state index >= 15 is 0 Å². The first-order valence-electron chi connectivity index (χ1n) is 12.5. The normalized spacial score (nSPS) is 22.7. The van der Waals surface area contributed by atoms with Crippen LogP contribution in [0.25, 0.3) is 0 Å². The number of nitrogens with one attached hydrogen (secondary N) is 2. The van der Waals surface area contributed by atoms with E-state index in [0.29, 0.717) is 11.6 Å². The second-order valence-electron chi connectivity index (χ2n) is 8.12. The Balaban J connectivity index is 1.76. The van der Waals surface area contributed by atoms with Gasteiger partial charge in [-0.2, -0.15) is 0 Å². The third kappa shape index (κ3) is 6.73. The summed E-state index contributed by atoms with van der Waals surface area (Å²) in [6.45, 7) is 1.59. The van der Waals surface area contributed by atoms with Gasteiger partial charge in [-0.3, -0.25) is 24.1 Å². The fourth-order valence-electron chi connectivity index (χ4n) is 3.33. The van der Waals surface area contributed by atoms with Crippen molar-refractivity contribution in [1.82, 2.24) is 25.5 Å². The predicted molar refractivity (Wildman–Crippen MR) is 110 cm³/mol. The van der Waals surface area contributed by atoms with Crippen LogP contribution in [0.2, 0.25) is 0 Å². The zero-order valence-corrected chi connectivity index (χ0v) is 17.9. The van der Waals surface area contributed by atoms with Crippen LogP contribution in [0.15, 0.2) is 0 Å². The number of carbonyl (C=O) groups excluding carboxylic acids is 5. The van der Waals surface area contributed by atoms with Gasteiger partial charge < -0.3 is 20.4 Å². The van der Waals surface area contributed by atoms with Gasteiger partial charge in [-0.25, -0.2) is 4.79 Å². The third-order valence-corrected chi connectivity index (χ3v) is 5.36. The number of imide groups is 1. The first kappa shape index (κ1) is 19.2. The average molecular weight is 448 g/mol. The zero-order chi connectivity index (χ0) is 26.3. The number of amides is 4. The highest BCUT2D eigenvalue weighted by molar-refractivity contribution is 6.01. The highest BCUT2D eigenvalue weighted by Crippen LogP contribution is 2.27. The molecule has 2 rings (SSSR count). The monoisotopic (exact) mass is 447 g/mol. The first-order valence-corrected chi connectivity index (χ1v) is 10.1. The lowest BCUT2D eigenvalue weighted by Gasteiger charge is -2.45. The molecule has 0 aromatic heterocycles. The number of hydrogen-bond donors (Lipinski definition) is 2. The molecule has 2 heterocycles. The van der Waals surface area contributed by atoms with Crippen molar-refractivity contribution in [3.05, 3.63) is 0 Å². The Morgan fingerprint density at radius 1 is 1.06 bits per heavy atom. The Kier molecular flexibility index (Phi) is 6.60. The van der Waals surface area contributed by atoms with Crippen molar-refractivity contribution in [2.24, 2.45) is 5.41 Å². The molecule has 0 aromatic rings. The second-order valence-corrected chi connectivity index (χ2v) is 8.12. The molecule has 1 unspecified atom stereocenters. The zero-order valence-electron chi connectivity index (χ0n) is 21.9. The molecule has 0 spiro atoms. The van der Waals surface area contributed by atoms with E-state index in [1.807, 2.05) is 0 Å². The largest absolute Gasteiger partial charge is 0.355 e. The first-order chi connectivity index (χ1) is 16.3. The SMILES string of the molecule is [2H][13CH]([2H])N1CCN([13CH]([2H])[2H])C(C(C)(C)C(=O)NCCC(=O)[15NH]CC[13C](=O)ON2C(=O)CCC2=O)C1. The van der Waals surface area contributed by atoms with Gasteiger partial charge in [0.05, 0.1) is 11.8 Å².